The molecule has 1 saturated heterocycles. The molecule has 0 radical (unpaired) electrons. The summed E-state index contributed by atoms with van der Waals surface area (Å²) in [4.78, 5) is 11.1. The first-order chi connectivity index (χ1) is 16.6. The number of piperidine rings is 1. The Balaban J connectivity index is 1.38. The van der Waals surface area contributed by atoms with Crippen molar-refractivity contribution in [2.24, 2.45) is 0 Å². The molecule has 182 valence electrons. The maximum atomic E-state index is 6.31. The minimum atomic E-state index is 0.286. The predicted molar refractivity (Wildman–Crippen MR) is 138 cm³/mol. The number of aryl methyl sites for hydroxylation is 1. The second-order valence-corrected chi connectivity index (χ2v) is 9.93. The van der Waals surface area contributed by atoms with Crippen LogP contribution in [0.1, 0.15) is 55.6 Å². The highest BCUT2D eigenvalue weighted by atomic mass is 16.5. The fraction of sp³-hybridized carbons (Fsp3) is 0.536. The number of rotatable bonds is 8. The van der Waals surface area contributed by atoms with Crippen LogP contribution in [0.15, 0.2) is 30.3 Å². The second kappa shape index (κ2) is 10.4. The minimum Gasteiger partial charge on any atom is -0.493 e. The molecule has 0 atom stereocenters. The van der Waals surface area contributed by atoms with E-state index in [4.69, 9.17) is 14.5 Å². The number of hydrogen-bond donors (Lipinski definition) is 2. The Labute approximate surface area is 203 Å². The van der Waals surface area contributed by atoms with Crippen molar-refractivity contribution in [1.29, 1.82) is 0 Å². The predicted octanol–water partition coefficient (Wildman–Crippen LogP) is 5.27. The standard InChI is InChI=1S/C28H38N4O2/c1-19-16-22(20-10-13-32(14-11-20)15-12-29-2)17-24-27(19)31-28(30-24)21-8-9-25(33-3)26(18-21)34-23-6-4-5-7-23/h8-9,16-18,20,23,29H,4-7,10-15H2,1-3H3,(H,30,31). The van der Waals surface area contributed by atoms with Crippen molar-refractivity contribution in [2.45, 2.75) is 57.5 Å². The molecule has 0 unspecified atom stereocenters. The summed E-state index contributed by atoms with van der Waals surface area (Å²) in [6.45, 7) is 6.73. The minimum absolute atomic E-state index is 0.286. The number of nitrogens with one attached hydrogen (secondary N) is 2. The molecule has 1 saturated carbocycles. The van der Waals surface area contributed by atoms with Crippen LogP contribution in [0.5, 0.6) is 11.5 Å². The Kier molecular flexibility index (Phi) is 7.07. The van der Waals surface area contributed by atoms with Gasteiger partial charge in [0.25, 0.3) is 0 Å². The molecule has 6 nitrogen and oxygen atoms in total. The highest BCUT2D eigenvalue weighted by molar-refractivity contribution is 5.83. The number of benzene rings is 2. The van der Waals surface area contributed by atoms with E-state index >= 15 is 0 Å². The third-order valence-corrected chi connectivity index (χ3v) is 7.57. The number of likely N-dealkylation sites (N-methyl/N-ethyl adjacent to an activating group) is 1. The third kappa shape index (κ3) is 4.93. The number of hydrogen-bond acceptors (Lipinski definition) is 5. The van der Waals surface area contributed by atoms with Crippen LogP contribution < -0.4 is 14.8 Å². The van der Waals surface area contributed by atoms with Crippen LogP contribution in [0.3, 0.4) is 0 Å². The highest BCUT2D eigenvalue weighted by Crippen LogP contribution is 2.36. The van der Waals surface area contributed by atoms with E-state index in [-0.39, 0.29) is 6.10 Å². The van der Waals surface area contributed by atoms with Crippen LogP contribution in [0, 0.1) is 6.92 Å². The number of nitrogens with zero attached hydrogens (tertiary/aromatic N) is 2. The third-order valence-electron chi connectivity index (χ3n) is 7.57. The van der Waals surface area contributed by atoms with Gasteiger partial charge < -0.3 is 24.7 Å². The first-order valence-electron chi connectivity index (χ1n) is 12.9. The fourth-order valence-corrected chi connectivity index (χ4v) is 5.55. The molecule has 2 aromatic carbocycles. The van der Waals surface area contributed by atoms with E-state index in [1.54, 1.807) is 7.11 Å². The lowest BCUT2D eigenvalue weighted by Gasteiger charge is -2.32. The van der Waals surface area contributed by atoms with Gasteiger partial charge >= 0.3 is 0 Å². The molecule has 0 bridgehead atoms. The molecule has 3 aromatic rings. The molecule has 1 aromatic heterocycles. The van der Waals surface area contributed by atoms with E-state index in [1.165, 1.54) is 49.9 Å². The van der Waals surface area contributed by atoms with E-state index < -0.39 is 0 Å². The van der Waals surface area contributed by atoms with Gasteiger partial charge in [0, 0.05) is 18.7 Å². The van der Waals surface area contributed by atoms with Crippen LogP contribution >= 0.6 is 0 Å². The molecule has 2 aliphatic rings. The normalized spacial score (nSPS) is 18.1. The van der Waals surface area contributed by atoms with Gasteiger partial charge in [0.05, 0.1) is 24.2 Å². The van der Waals surface area contributed by atoms with Gasteiger partial charge in [0.15, 0.2) is 11.5 Å². The van der Waals surface area contributed by atoms with Crippen molar-refractivity contribution in [2.75, 3.05) is 40.3 Å². The van der Waals surface area contributed by atoms with Gasteiger partial charge in [-0.25, -0.2) is 4.98 Å². The van der Waals surface area contributed by atoms with Crippen molar-refractivity contribution in [1.82, 2.24) is 20.2 Å². The molecule has 1 aliphatic carbocycles. The van der Waals surface area contributed by atoms with Crippen LogP contribution in [0.25, 0.3) is 22.4 Å². The first-order valence-corrected chi connectivity index (χ1v) is 12.9. The first kappa shape index (κ1) is 23.2. The Hall–Kier alpha value is -2.57. The molecule has 0 spiro atoms. The lowest BCUT2D eigenvalue weighted by Crippen LogP contribution is -2.37. The molecular weight excluding hydrogens is 424 g/mol. The summed E-state index contributed by atoms with van der Waals surface area (Å²) in [5.74, 6) is 3.10. The van der Waals surface area contributed by atoms with E-state index in [1.807, 2.05) is 13.1 Å². The second-order valence-electron chi connectivity index (χ2n) is 9.93. The quantitative estimate of drug-likeness (QED) is 0.478. The number of aromatic amines is 1. The Morgan fingerprint density at radius 1 is 1.06 bits per heavy atom. The van der Waals surface area contributed by atoms with Gasteiger partial charge in [0.1, 0.15) is 5.82 Å². The zero-order valence-corrected chi connectivity index (χ0v) is 20.8. The molecule has 0 amide bonds. The summed E-state index contributed by atoms with van der Waals surface area (Å²) in [6, 6.07) is 10.8. The SMILES string of the molecule is CNCCN1CCC(c2cc(C)c3nc(-c4ccc(OC)c(OC5CCCC5)c4)[nH]c3c2)CC1. The smallest absolute Gasteiger partial charge is 0.162 e. The van der Waals surface area contributed by atoms with Gasteiger partial charge in [-0.2, -0.15) is 0 Å². The number of imidazole rings is 1. The van der Waals surface area contributed by atoms with Gasteiger partial charge in [-0.05, 0) is 107 Å². The van der Waals surface area contributed by atoms with Crippen molar-refractivity contribution in [3.8, 4) is 22.9 Å². The van der Waals surface area contributed by atoms with Gasteiger partial charge in [-0.3, -0.25) is 0 Å². The molecular formula is C28H38N4O2. The highest BCUT2D eigenvalue weighted by Gasteiger charge is 2.22. The number of H-pyrrole nitrogens is 1. The van der Waals surface area contributed by atoms with Crippen LogP contribution in [-0.4, -0.2) is 61.3 Å². The number of methoxy groups -OCH3 is 1. The maximum absolute atomic E-state index is 6.31. The van der Waals surface area contributed by atoms with Crippen molar-refractivity contribution < 1.29 is 9.47 Å². The Morgan fingerprint density at radius 3 is 2.59 bits per heavy atom. The zero-order chi connectivity index (χ0) is 23.5. The van der Waals surface area contributed by atoms with Crippen molar-refractivity contribution in [3.63, 3.8) is 0 Å². The van der Waals surface area contributed by atoms with Gasteiger partial charge in [-0.1, -0.05) is 6.07 Å². The van der Waals surface area contributed by atoms with Gasteiger partial charge in [0.2, 0.25) is 0 Å². The summed E-state index contributed by atoms with van der Waals surface area (Å²) >= 11 is 0. The fourth-order valence-electron chi connectivity index (χ4n) is 5.55. The van der Waals surface area contributed by atoms with E-state index in [2.05, 4.69) is 46.4 Å². The number of fused-ring (bicyclic) bond motifs is 1. The average Bonchev–Trinajstić information content (AvgIpc) is 3.53. The summed E-state index contributed by atoms with van der Waals surface area (Å²) in [6.07, 6.45) is 7.45. The number of likely N-dealkylation sites (tertiary alicyclic amines) is 1. The molecule has 2 fully saturated rings. The molecule has 2 heterocycles. The van der Waals surface area contributed by atoms with Crippen LogP contribution in [0.2, 0.25) is 0 Å². The largest absolute Gasteiger partial charge is 0.493 e. The number of aromatic nitrogens is 2. The van der Waals surface area contributed by atoms with E-state index in [0.29, 0.717) is 5.92 Å². The van der Waals surface area contributed by atoms with Gasteiger partial charge in [-0.15, -0.1) is 0 Å². The maximum Gasteiger partial charge on any atom is 0.162 e. The Bertz CT molecular complexity index is 1110. The summed E-state index contributed by atoms with van der Waals surface area (Å²) in [5.41, 5.74) is 5.89. The van der Waals surface area contributed by atoms with Crippen molar-refractivity contribution in [3.05, 3.63) is 41.5 Å². The number of ether oxygens (including phenoxy) is 2. The molecule has 6 heteroatoms. The topological polar surface area (TPSA) is 62.4 Å². The van der Waals surface area contributed by atoms with Crippen molar-refractivity contribution >= 4 is 11.0 Å². The van der Waals surface area contributed by atoms with Crippen LogP contribution in [-0.2, 0) is 0 Å². The zero-order valence-electron chi connectivity index (χ0n) is 20.8. The monoisotopic (exact) mass is 462 g/mol. The van der Waals surface area contributed by atoms with E-state index in [0.717, 1.165) is 59.9 Å². The Morgan fingerprint density at radius 2 is 1.85 bits per heavy atom. The summed E-state index contributed by atoms with van der Waals surface area (Å²) in [7, 11) is 3.73. The van der Waals surface area contributed by atoms with Crippen LogP contribution in [0.4, 0.5) is 0 Å². The summed E-state index contributed by atoms with van der Waals surface area (Å²) in [5, 5.41) is 3.26. The lowest BCUT2D eigenvalue weighted by atomic mass is 9.88. The van der Waals surface area contributed by atoms with E-state index in [9.17, 15) is 0 Å². The summed E-state index contributed by atoms with van der Waals surface area (Å²) < 4.78 is 11.9. The lowest BCUT2D eigenvalue weighted by molar-refractivity contribution is 0.201. The molecule has 2 N–H and O–H groups in total. The average molecular weight is 463 g/mol. The molecule has 5 rings (SSSR count). The molecule has 1 aliphatic heterocycles. The molecule has 34 heavy (non-hydrogen) atoms.